The van der Waals surface area contributed by atoms with Crippen LogP contribution >= 0.6 is 7.82 Å². The maximum absolute atomic E-state index is 12.8. The molecule has 0 saturated heterocycles. The normalized spacial score (nSPS) is 23.1. The third kappa shape index (κ3) is 27.0. The van der Waals surface area contributed by atoms with Gasteiger partial charge in [0.1, 0.15) is 42.7 Å². The minimum absolute atomic E-state index is 0.0746. The van der Waals surface area contributed by atoms with Crippen LogP contribution in [-0.2, 0) is 27.9 Å². The van der Waals surface area contributed by atoms with E-state index in [4.69, 9.17) is 18.5 Å². The molecule has 1 rings (SSSR count). The van der Waals surface area contributed by atoms with Gasteiger partial charge in [-0.3, -0.25) is 13.8 Å². The molecular weight excluding hydrogens is 739 g/mol. The first kappa shape index (κ1) is 53.1. The van der Waals surface area contributed by atoms with Crippen molar-refractivity contribution in [1.29, 1.82) is 0 Å². The number of aliphatic hydroxyl groups is 5. The van der Waals surface area contributed by atoms with Gasteiger partial charge in [0.2, 0.25) is 0 Å². The number of phosphoric acid groups is 1. The molecule has 332 valence electrons. The number of hydrogen-bond donors (Lipinski definition) is 6. The van der Waals surface area contributed by atoms with E-state index >= 15 is 0 Å². The van der Waals surface area contributed by atoms with E-state index in [9.17, 15) is 39.8 Å². The van der Waals surface area contributed by atoms with Crippen molar-refractivity contribution < 1.29 is 58.3 Å². The number of aliphatic hydroxyl groups excluding tert-OH is 5. The zero-order valence-corrected chi connectivity index (χ0v) is 36.1. The molecule has 13 heteroatoms. The SMILES string of the molecule is CCCCCCCCC/C=C\CCCCCCCC(=O)OC(COCCCCCCCCCCCCCCC)COP(=O)(O)OC1C(O)C(O)C(O)C(O)C1O. The number of carbonyl (C=O) groups excluding carboxylic acids is 1. The Balaban J connectivity index is 2.41. The highest BCUT2D eigenvalue weighted by molar-refractivity contribution is 7.47. The van der Waals surface area contributed by atoms with E-state index in [1.165, 1.54) is 109 Å². The summed E-state index contributed by atoms with van der Waals surface area (Å²) in [5.74, 6) is -0.483. The quantitative estimate of drug-likeness (QED) is 0.0150. The number of esters is 1. The Kier molecular flexibility index (Phi) is 33.1. The van der Waals surface area contributed by atoms with Gasteiger partial charge >= 0.3 is 13.8 Å². The van der Waals surface area contributed by atoms with Crippen LogP contribution in [-0.4, -0.2) is 98.9 Å². The van der Waals surface area contributed by atoms with Crippen molar-refractivity contribution in [2.24, 2.45) is 0 Å². The fraction of sp³-hybridized carbons (Fsp3) is 0.930. The van der Waals surface area contributed by atoms with E-state index < -0.39 is 63.1 Å². The van der Waals surface area contributed by atoms with Gasteiger partial charge in [-0.05, 0) is 38.5 Å². The second kappa shape index (κ2) is 34.9. The lowest BCUT2D eigenvalue weighted by molar-refractivity contribution is -0.220. The molecule has 1 aliphatic rings. The predicted octanol–water partition coefficient (Wildman–Crippen LogP) is 8.75. The number of hydrogen-bond acceptors (Lipinski definition) is 11. The molecule has 12 nitrogen and oxygen atoms in total. The van der Waals surface area contributed by atoms with Crippen LogP contribution in [0, 0.1) is 0 Å². The lowest BCUT2D eigenvalue weighted by Crippen LogP contribution is -2.64. The Bertz CT molecular complexity index is 984. The van der Waals surface area contributed by atoms with E-state index in [0.29, 0.717) is 13.0 Å². The molecule has 0 aromatic rings. The van der Waals surface area contributed by atoms with Gasteiger partial charge in [-0.25, -0.2) is 4.57 Å². The summed E-state index contributed by atoms with van der Waals surface area (Å²) in [6.45, 7) is 4.26. The molecule has 56 heavy (non-hydrogen) atoms. The van der Waals surface area contributed by atoms with Crippen LogP contribution in [0.2, 0.25) is 0 Å². The van der Waals surface area contributed by atoms with Gasteiger partial charge in [-0.1, -0.05) is 161 Å². The lowest BCUT2D eigenvalue weighted by atomic mass is 9.85. The van der Waals surface area contributed by atoms with Crippen LogP contribution in [0.25, 0.3) is 0 Å². The van der Waals surface area contributed by atoms with E-state index in [-0.39, 0.29) is 13.0 Å². The first-order valence-corrected chi connectivity index (χ1v) is 24.0. The van der Waals surface area contributed by atoms with Crippen LogP contribution in [0.3, 0.4) is 0 Å². The minimum Gasteiger partial charge on any atom is -0.457 e. The average molecular weight is 823 g/mol. The zero-order valence-electron chi connectivity index (χ0n) is 35.2. The molecule has 0 aromatic carbocycles. The van der Waals surface area contributed by atoms with Gasteiger partial charge in [-0.15, -0.1) is 0 Å². The summed E-state index contributed by atoms with van der Waals surface area (Å²) in [5, 5.41) is 50.1. The molecular formula is C43H83O12P. The third-order valence-electron chi connectivity index (χ3n) is 10.6. The maximum atomic E-state index is 12.8. The summed E-state index contributed by atoms with van der Waals surface area (Å²) in [6.07, 6.45) is 24.2. The second-order valence-corrected chi connectivity index (χ2v) is 17.3. The Morgan fingerprint density at radius 1 is 0.554 bits per heavy atom. The van der Waals surface area contributed by atoms with Gasteiger partial charge in [0.05, 0.1) is 13.2 Å². The van der Waals surface area contributed by atoms with Crippen LogP contribution in [0.4, 0.5) is 0 Å². The molecule has 1 saturated carbocycles. The summed E-state index contributed by atoms with van der Waals surface area (Å²) < 4.78 is 34.1. The summed E-state index contributed by atoms with van der Waals surface area (Å²) >= 11 is 0. The Labute approximate surface area is 339 Å². The average Bonchev–Trinajstić information content (AvgIpc) is 3.18. The van der Waals surface area contributed by atoms with Crippen LogP contribution < -0.4 is 0 Å². The monoisotopic (exact) mass is 823 g/mol. The zero-order chi connectivity index (χ0) is 41.3. The van der Waals surface area contributed by atoms with Crippen LogP contribution in [0.15, 0.2) is 12.2 Å². The fourth-order valence-corrected chi connectivity index (χ4v) is 7.97. The first-order valence-electron chi connectivity index (χ1n) is 22.5. The van der Waals surface area contributed by atoms with Crippen molar-refractivity contribution in [3.05, 3.63) is 12.2 Å². The van der Waals surface area contributed by atoms with Gasteiger partial charge in [-0.2, -0.15) is 0 Å². The number of ether oxygens (including phenoxy) is 2. The molecule has 6 atom stereocenters. The molecule has 0 bridgehead atoms. The first-order chi connectivity index (χ1) is 27.0. The van der Waals surface area contributed by atoms with Crippen LogP contribution in [0.5, 0.6) is 0 Å². The lowest BCUT2D eigenvalue weighted by Gasteiger charge is -2.41. The standard InChI is InChI=1S/C43H83O12P/c1-3-5-7-9-11-13-15-17-18-19-20-22-24-26-28-30-32-37(44)54-36(34-52-33-31-29-27-25-23-21-16-14-12-10-8-6-4-2)35-53-56(50,51)55-43-41(48)39(46)38(45)40(47)42(43)49/h18-19,36,38-43,45-49H,3-17,20-35H2,1-2H3,(H,50,51)/b19-18-. The van der Waals surface area contributed by atoms with Gasteiger partial charge in [0, 0.05) is 13.0 Å². The minimum atomic E-state index is -5.01. The summed E-state index contributed by atoms with van der Waals surface area (Å²) in [5.41, 5.74) is 0. The number of carbonyl (C=O) groups is 1. The maximum Gasteiger partial charge on any atom is 0.472 e. The van der Waals surface area contributed by atoms with Crippen molar-refractivity contribution in [1.82, 2.24) is 0 Å². The molecule has 0 radical (unpaired) electrons. The summed E-state index contributed by atoms with van der Waals surface area (Å²) in [4.78, 5) is 23.1. The molecule has 0 amide bonds. The number of allylic oxidation sites excluding steroid dienone is 2. The van der Waals surface area contributed by atoms with Crippen molar-refractivity contribution in [3.63, 3.8) is 0 Å². The second-order valence-electron chi connectivity index (χ2n) is 15.9. The Morgan fingerprint density at radius 2 is 0.946 bits per heavy atom. The molecule has 0 aromatic heterocycles. The van der Waals surface area contributed by atoms with E-state index in [0.717, 1.165) is 57.8 Å². The largest absolute Gasteiger partial charge is 0.472 e. The van der Waals surface area contributed by atoms with E-state index in [2.05, 4.69) is 26.0 Å². The van der Waals surface area contributed by atoms with Crippen molar-refractivity contribution >= 4 is 13.8 Å². The molecule has 0 spiro atoms. The topological polar surface area (TPSA) is 192 Å². The molecule has 6 unspecified atom stereocenters. The van der Waals surface area contributed by atoms with Gasteiger partial charge in [0.25, 0.3) is 0 Å². The van der Waals surface area contributed by atoms with Crippen molar-refractivity contribution in [3.8, 4) is 0 Å². The van der Waals surface area contributed by atoms with Crippen molar-refractivity contribution in [2.75, 3.05) is 19.8 Å². The Morgan fingerprint density at radius 3 is 1.41 bits per heavy atom. The molecule has 0 aliphatic heterocycles. The van der Waals surface area contributed by atoms with Gasteiger partial charge in [0.15, 0.2) is 0 Å². The fourth-order valence-electron chi connectivity index (χ4n) is 7.00. The molecule has 0 heterocycles. The summed E-state index contributed by atoms with van der Waals surface area (Å²) in [6, 6.07) is 0. The number of unbranched alkanes of at least 4 members (excludes halogenated alkanes) is 24. The van der Waals surface area contributed by atoms with E-state index in [1.807, 2.05) is 0 Å². The van der Waals surface area contributed by atoms with Crippen LogP contribution in [0.1, 0.15) is 194 Å². The Hall–Kier alpha value is -0.920. The van der Waals surface area contributed by atoms with Gasteiger partial charge < -0.3 is 39.9 Å². The van der Waals surface area contributed by atoms with E-state index in [1.54, 1.807) is 0 Å². The molecule has 1 aliphatic carbocycles. The highest BCUT2D eigenvalue weighted by Gasteiger charge is 2.51. The molecule has 6 N–H and O–H groups in total. The highest BCUT2D eigenvalue weighted by atomic mass is 31.2. The highest BCUT2D eigenvalue weighted by Crippen LogP contribution is 2.47. The summed E-state index contributed by atoms with van der Waals surface area (Å²) in [7, 11) is -5.01. The third-order valence-corrected chi connectivity index (χ3v) is 11.6. The van der Waals surface area contributed by atoms with Crippen molar-refractivity contribution in [2.45, 2.75) is 236 Å². The number of phosphoric ester groups is 1. The smallest absolute Gasteiger partial charge is 0.457 e. The number of rotatable bonds is 38. The predicted molar refractivity (Wildman–Crippen MR) is 221 cm³/mol. The molecule has 1 fully saturated rings.